The minimum absolute atomic E-state index is 0.00417. The van der Waals surface area contributed by atoms with E-state index in [1.807, 2.05) is 35.2 Å². The summed E-state index contributed by atoms with van der Waals surface area (Å²) in [7, 11) is 0. The average Bonchev–Trinajstić information content (AvgIpc) is 3.37. The topological polar surface area (TPSA) is 70.4 Å². The number of ketones is 1. The Kier molecular flexibility index (Phi) is 5.56. The van der Waals surface area contributed by atoms with Crippen molar-refractivity contribution in [3.8, 4) is 17.2 Å². The van der Waals surface area contributed by atoms with Gasteiger partial charge >= 0.3 is 6.09 Å². The van der Waals surface area contributed by atoms with Gasteiger partial charge in [-0.1, -0.05) is 54.6 Å². The Morgan fingerprint density at radius 2 is 1.53 bits per heavy atom. The lowest BCUT2D eigenvalue weighted by atomic mass is 9.83. The zero-order valence-electron chi connectivity index (χ0n) is 19.7. The number of carbonyl (C=O) groups is 2. The van der Waals surface area contributed by atoms with Gasteiger partial charge in [-0.3, -0.25) is 4.79 Å². The number of halogens is 1. The fourth-order valence-corrected chi connectivity index (χ4v) is 6.42. The van der Waals surface area contributed by atoms with Gasteiger partial charge in [-0.25, -0.2) is 9.18 Å². The lowest BCUT2D eigenvalue weighted by Gasteiger charge is -2.37. The van der Waals surface area contributed by atoms with Crippen molar-refractivity contribution in [1.82, 2.24) is 4.90 Å². The van der Waals surface area contributed by atoms with Crippen LogP contribution in [0.15, 0.2) is 66.7 Å². The molecule has 6 heteroatoms. The van der Waals surface area contributed by atoms with Gasteiger partial charge in [0.1, 0.15) is 18.5 Å². The van der Waals surface area contributed by atoms with E-state index in [0.29, 0.717) is 12.8 Å². The Morgan fingerprint density at radius 1 is 0.917 bits per heavy atom. The van der Waals surface area contributed by atoms with E-state index in [1.54, 1.807) is 0 Å². The summed E-state index contributed by atoms with van der Waals surface area (Å²) in [6.45, 7) is 0.264. The lowest BCUT2D eigenvalue weighted by Crippen LogP contribution is -2.48. The molecule has 2 saturated heterocycles. The highest BCUT2D eigenvalue weighted by molar-refractivity contribution is 6.00. The summed E-state index contributed by atoms with van der Waals surface area (Å²) >= 11 is 0. The maximum atomic E-state index is 14.1. The van der Waals surface area contributed by atoms with Crippen LogP contribution in [0.2, 0.25) is 0 Å². The highest BCUT2D eigenvalue weighted by Gasteiger charge is 2.46. The number of nitrogens with zero attached hydrogens (tertiary/aromatic N) is 2. The van der Waals surface area contributed by atoms with Crippen LogP contribution in [0.4, 0.5) is 9.18 Å². The van der Waals surface area contributed by atoms with Crippen LogP contribution < -0.4 is 0 Å². The molecule has 180 valence electrons. The number of hydrogen-bond donors (Lipinski definition) is 0. The average molecular weight is 481 g/mol. The third kappa shape index (κ3) is 3.58. The first-order valence-electron chi connectivity index (χ1n) is 12.4. The van der Waals surface area contributed by atoms with E-state index in [0.717, 1.165) is 12.8 Å². The van der Waals surface area contributed by atoms with Crippen LogP contribution >= 0.6 is 0 Å². The number of benzene rings is 3. The van der Waals surface area contributed by atoms with Crippen molar-refractivity contribution in [2.24, 2.45) is 5.92 Å². The predicted octanol–water partition coefficient (Wildman–Crippen LogP) is 6.07. The summed E-state index contributed by atoms with van der Waals surface area (Å²) in [5, 5.41) is 9.34. The summed E-state index contributed by atoms with van der Waals surface area (Å²) in [5.41, 5.74) is 4.64. The van der Waals surface area contributed by atoms with E-state index >= 15 is 0 Å². The second kappa shape index (κ2) is 8.91. The predicted molar refractivity (Wildman–Crippen MR) is 132 cm³/mol. The van der Waals surface area contributed by atoms with Gasteiger partial charge in [-0.2, -0.15) is 5.26 Å². The third-order valence-corrected chi connectivity index (χ3v) is 8.04. The standard InChI is InChI=1S/C30H25FN2O3/c31-28-11-5-10-25(26(28)16-32)29(34)18-14-19-12-13-20(15-18)33(19)30(35)36-17-27-23-8-3-1-6-21(23)22-7-2-4-9-24(22)27/h1-11,18-20,27H,12-15,17H2. The number of nitriles is 1. The van der Waals surface area contributed by atoms with E-state index in [4.69, 9.17) is 4.74 Å². The Hall–Kier alpha value is -3.98. The molecule has 0 spiro atoms. The summed E-state index contributed by atoms with van der Waals surface area (Å²) in [6, 6.07) is 22.3. The van der Waals surface area contributed by atoms with Crippen molar-refractivity contribution >= 4 is 11.9 Å². The number of rotatable bonds is 4. The van der Waals surface area contributed by atoms with Gasteiger partial charge in [0, 0.05) is 29.5 Å². The Labute approximate surface area is 209 Å². The van der Waals surface area contributed by atoms with Crippen LogP contribution in [0.1, 0.15) is 58.6 Å². The van der Waals surface area contributed by atoms with Crippen molar-refractivity contribution in [2.75, 3.05) is 6.61 Å². The Bertz CT molecular complexity index is 1350. The number of amides is 1. The molecule has 2 bridgehead atoms. The summed E-state index contributed by atoms with van der Waals surface area (Å²) in [5.74, 6) is -1.23. The SMILES string of the molecule is N#Cc1c(F)cccc1C(=O)C1CC2CCC(C1)N2C(=O)OCC1c2ccccc2-c2ccccc21. The molecular formula is C30H25FN2O3. The molecule has 2 aliphatic heterocycles. The van der Waals surface area contributed by atoms with Gasteiger partial charge in [0.2, 0.25) is 0 Å². The van der Waals surface area contributed by atoms with Gasteiger partial charge in [0.15, 0.2) is 5.78 Å². The zero-order valence-corrected chi connectivity index (χ0v) is 19.7. The van der Waals surface area contributed by atoms with Crippen molar-refractivity contribution < 1.29 is 18.7 Å². The third-order valence-electron chi connectivity index (χ3n) is 8.04. The van der Waals surface area contributed by atoms with Gasteiger partial charge < -0.3 is 9.64 Å². The van der Waals surface area contributed by atoms with Crippen molar-refractivity contribution in [2.45, 2.75) is 43.7 Å². The molecule has 0 radical (unpaired) electrons. The van der Waals surface area contributed by atoms with Crippen LogP contribution in [0.5, 0.6) is 0 Å². The molecule has 3 aromatic carbocycles. The molecule has 0 saturated carbocycles. The maximum Gasteiger partial charge on any atom is 0.410 e. The normalized spacial score (nSPS) is 22.0. The van der Waals surface area contributed by atoms with E-state index in [9.17, 15) is 19.2 Å². The number of fused-ring (bicyclic) bond motifs is 5. The summed E-state index contributed by atoms with van der Waals surface area (Å²) in [4.78, 5) is 28.3. The zero-order chi connectivity index (χ0) is 24.8. The van der Waals surface area contributed by atoms with Crippen LogP contribution in [0, 0.1) is 23.1 Å². The Balaban J connectivity index is 1.16. The molecule has 0 aromatic heterocycles. The molecule has 1 amide bonds. The molecule has 1 aliphatic carbocycles. The molecule has 2 atom stereocenters. The monoisotopic (exact) mass is 480 g/mol. The fourth-order valence-electron chi connectivity index (χ4n) is 6.42. The maximum absolute atomic E-state index is 14.1. The molecule has 2 unspecified atom stereocenters. The summed E-state index contributed by atoms with van der Waals surface area (Å²) < 4.78 is 20.0. The molecule has 3 aromatic rings. The van der Waals surface area contributed by atoms with Crippen LogP contribution in [-0.4, -0.2) is 35.5 Å². The number of Topliss-reactive ketones (excluding diaryl/α,β-unsaturated/α-hetero) is 1. The van der Waals surface area contributed by atoms with E-state index in [1.165, 1.54) is 40.5 Å². The number of carbonyl (C=O) groups excluding carboxylic acids is 2. The van der Waals surface area contributed by atoms with Crippen molar-refractivity contribution in [3.63, 3.8) is 0 Å². The van der Waals surface area contributed by atoms with Gasteiger partial charge in [-0.15, -0.1) is 0 Å². The molecule has 36 heavy (non-hydrogen) atoms. The number of piperidine rings is 1. The van der Waals surface area contributed by atoms with Crippen LogP contribution in [-0.2, 0) is 4.74 Å². The van der Waals surface area contributed by atoms with Crippen molar-refractivity contribution in [1.29, 1.82) is 5.26 Å². The second-order valence-electron chi connectivity index (χ2n) is 9.90. The first-order valence-corrected chi connectivity index (χ1v) is 12.4. The molecule has 2 fully saturated rings. The molecule has 5 nitrogen and oxygen atoms in total. The molecular weight excluding hydrogens is 455 g/mol. The van der Waals surface area contributed by atoms with Gasteiger partial charge in [0.05, 0.1) is 5.56 Å². The minimum atomic E-state index is -0.678. The highest BCUT2D eigenvalue weighted by Crippen LogP contribution is 2.45. The highest BCUT2D eigenvalue weighted by atomic mass is 19.1. The quantitative estimate of drug-likeness (QED) is 0.425. The molecule has 3 aliphatic rings. The largest absolute Gasteiger partial charge is 0.448 e. The number of hydrogen-bond acceptors (Lipinski definition) is 4. The van der Waals surface area contributed by atoms with Crippen LogP contribution in [0.3, 0.4) is 0 Å². The smallest absolute Gasteiger partial charge is 0.410 e. The van der Waals surface area contributed by atoms with Gasteiger partial charge in [0.25, 0.3) is 0 Å². The van der Waals surface area contributed by atoms with Crippen molar-refractivity contribution in [3.05, 3.63) is 94.8 Å². The molecule has 0 N–H and O–H groups in total. The molecule has 2 heterocycles. The van der Waals surface area contributed by atoms with E-state index in [2.05, 4.69) is 24.3 Å². The second-order valence-corrected chi connectivity index (χ2v) is 9.90. The first kappa shape index (κ1) is 22.5. The summed E-state index contributed by atoms with van der Waals surface area (Å²) in [6.07, 6.45) is 2.29. The van der Waals surface area contributed by atoms with E-state index < -0.39 is 5.82 Å². The van der Waals surface area contributed by atoms with Gasteiger partial charge in [-0.05, 0) is 60.1 Å². The minimum Gasteiger partial charge on any atom is -0.448 e. The fraction of sp³-hybridized carbons (Fsp3) is 0.300. The lowest BCUT2D eigenvalue weighted by molar-refractivity contribution is 0.0506. The number of ether oxygens (including phenoxy) is 1. The Morgan fingerprint density at radius 3 is 2.14 bits per heavy atom. The van der Waals surface area contributed by atoms with Crippen LogP contribution in [0.25, 0.3) is 11.1 Å². The molecule has 6 rings (SSSR count). The first-order chi connectivity index (χ1) is 17.6. The van der Waals surface area contributed by atoms with E-state index in [-0.39, 0.29) is 53.5 Å².